The molecule has 0 aliphatic carbocycles. The second kappa shape index (κ2) is 12.8. The van der Waals surface area contributed by atoms with Crippen LogP contribution >= 0.6 is 22.6 Å². The summed E-state index contributed by atoms with van der Waals surface area (Å²) in [5, 5.41) is 19.9. The first-order valence-electron chi connectivity index (χ1n) is 9.10. The van der Waals surface area contributed by atoms with E-state index in [1.807, 2.05) is 28.1 Å². The molecule has 0 fully saturated rings. The topological polar surface area (TPSA) is 112 Å². The van der Waals surface area contributed by atoms with E-state index in [1.165, 1.54) is 12.1 Å². The van der Waals surface area contributed by atoms with Crippen molar-refractivity contribution < 1.29 is 37.9 Å². The van der Waals surface area contributed by atoms with E-state index < -0.39 is 29.0 Å². The van der Waals surface area contributed by atoms with Crippen LogP contribution in [-0.4, -0.2) is 42.5 Å². The highest BCUT2D eigenvalue weighted by molar-refractivity contribution is 14.1. The van der Waals surface area contributed by atoms with E-state index in [0.29, 0.717) is 9.99 Å². The van der Waals surface area contributed by atoms with Gasteiger partial charge >= 0.3 is 0 Å². The minimum Gasteiger partial charge on any atom is -0.396 e. The van der Waals surface area contributed by atoms with E-state index in [1.54, 1.807) is 6.07 Å². The van der Waals surface area contributed by atoms with Crippen LogP contribution in [0.5, 0.6) is 0 Å². The van der Waals surface area contributed by atoms with Crippen molar-refractivity contribution in [3.63, 3.8) is 0 Å². The van der Waals surface area contributed by atoms with Gasteiger partial charge in [0.15, 0.2) is 11.6 Å². The highest BCUT2D eigenvalue weighted by atomic mass is 127. The standard InChI is InChI=1S/C19H21F3IN3O5/c20-14-9-12(23)2-3-15(14)25-18-13(19(29)26-31-7-5-28)8-11(16(21)17(18)22)10-24-30-6-1-4-27/h2-3,8-9,24-25,27-28H,1,4-7,10H2,(H,26,29). The SMILES string of the molecule is O=C(NOCCO)c1cc(CNOCCCO)c(F)c(F)c1Nc1ccc(I)cc1F. The first-order chi connectivity index (χ1) is 14.9. The molecule has 170 valence electrons. The molecule has 0 aromatic heterocycles. The average Bonchev–Trinajstić information content (AvgIpc) is 2.74. The zero-order valence-electron chi connectivity index (χ0n) is 16.2. The lowest BCUT2D eigenvalue weighted by atomic mass is 10.1. The fourth-order valence-electron chi connectivity index (χ4n) is 2.39. The monoisotopic (exact) mass is 555 g/mol. The van der Waals surface area contributed by atoms with Gasteiger partial charge in [-0.3, -0.25) is 9.63 Å². The Morgan fingerprint density at radius 2 is 1.81 bits per heavy atom. The normalized spacial score (nSPS) is 10.9. The van der Waals surface area contributed by atoms with E-state index in [9.17, 15) is 18.0 Å². The zero-order chi connectivity index (χ0) is 22.8. The second-order valence-corrected chi connectivity index (χ2v) is 7.33. The maximum atomic E-state index is 14.9. The van der Waals surface area contributed by atoms with Crippen molar-refractivity contribution in [3.05, 3.63) is 56.4 Å². The quantitative estimate of drug-likeness (QED) is 0.156. The molecule has 0 saturated heterocycles. The Balaban J connectivity index is 2.36. The molecular formula is C19H21F3IN3O5. The minimum atomic E-state index is -1.40. The van der Waals surface area contributed by atoms with E-state index in [2.05, 4.69) is 10.8 Å². The fraction of sp³-hybridized carbons (Fsp3) is 0.316. The number of halogens is 4. The lowest BCUT2D eigenvalue weighted by molar-refractivity contribution is 0.0167. The van der Waals surface area contributed by atoms with Crippen LogP contribution in [0.25, 0.3) is 0 Å². The molecule has 2 rings (SSSR count). The molecule has 8 nitrogen and oxygen atoms in total. The predicted octanol–water partition coefficient (Wildman–Crippen LogP) is 2.51. The smallest absolute Gasteiger partial charge is 0.277 e. The van der Waals surface area contributed by atoms with Gasteiger partial charge in [0.25, 0.3) is 5.91 Å². The summed E-state index contributed by atoms with van der Waals surface area (Å²) in [5.41, 5.74) is 3.07. The molecule has 0 aliphatic heterocycles. The number of nitrogens with one attached hydrogen (secondary N) is 3. The fourth-order valence-corrected chi connectivity index (χ4v) is 2.84. The van der Waals surface area contributed by atoms with E-state index >= 15 is 0 Å². The maximum Gasteiger partial charge on any atom is 0.277 e. The number of hydrogen-bond acceptors (Lipinski definition) is 7. The largest absolute Gasteiger partial charge is 0.396 e. The van der Waals surface area contributed by atoms with Crippen LogP contribution in [-0.2, 0) is 16.2 Å². The summed E-state index contributed by atoms with van der Waals surface area (Å²) < 4.78 is 44.3. The van der Waals surface area contributed by atoms with Crippen LogP contribution in [0.3, 0.4) is 0 Å². The van der Waals surface area contributed by atoms with Gasteiger partial charge in [-0.15, -0.1) is 0 Å². The summed E-state index contributed by atoms with van der Waals surface area (Å²) in [6.07, 6.45) is 0.337. The van der Waals surface area contributed by atoms with Gasteiger partial charge in [-0.05, 0) is 53.3 Å². The van der Waals surface area contributed by atoms with Crippen LogP contribution in [0.1, 0.15) is 22.3 Å². The van der Waals surface area contributed by atoms with Gasteiger partial charge in [0.1, 0.15) is 5.82 Å². The summed E-state index contributed by atoms with van der Waals surface area (Å²) in [6.45, 7) is -0.856. The number of benzene rings is 2. The van der Waals surface area contributed by atoms with Crippen molar-refractivity contribution >= 4 is 39.9 Å². The van der Waals surface area contributed by atoms with Gasteiger partial charge in [-0.25, -0.2) is 18.7 Å². The van der Waals surface area contributed by atoms with Crippen LogP contribution < -0.4 is 16.3 Å². The molecule has 0 heterocycles. The molecule has 0 atom stereocenters. The Hall–Kier alpha value is -1.97. The van der Waals surface area contributed by atoms with Gasteiger partial charge in [-0.2, -0.15) is 5.48 Å². The Morgan fingerprint density at radius 3 is 2.48 bits per heavy atom. The van der Waals surface area contributed by atoms with Crippen molar-refractivity contribution in [2.24, 2.45) is 0 Å². The number of aliphatic hydroxyl groups excluding tert-OH is 2. The van der Waals surface area contributed by atoms with Crippen molar-refractivity contribution in [2.45, 2.75) is 13.0 Å². The lowest BCUT2D eigenvalue weighted by Gasteiger charge is -2.17. The lowest BCUT2D eigenvalue weighted by Crippen LogP contribution is -2.27. The summed E-state index contributed by atoms with van der Waals surface area (Å²) in [4.78, 5) is 22.2. The van der Waals surface area contributed by atoms with E-state index in [-0.39, 0.29) is 49.8 Å². The second-order valence-electron chi connectivity index (χ2n) is 6.09. The highest BCUT2D eigenvalue weighted by Crippen LogP contribution is 2.30. The molecule has 12 heteroatoms. The Morgan fingerprint density at radius 1 is 1.03 bits per heavy atom. The summed E-state index contributed by atoms with van der Waals surface area (Å²) in [7, 11) is 0. The molecule has 0 unspecified atom stereocenters. The molecule has 0 radical (unpaired) electrons. The van der Waals surface area contributed by atoms with Crippen LogP contribution in [0.4, 0.5) is 24.5 Å². The zero-order valence-corrected chi connectivity index (χ0v) is 18.3. The molecule has 0 spiro atoms. The Bertz CT molecular complexity index is 905. The van der Waals surface area contributed by atoms with Gasteiger partial charge in [0.05, 0.1) is 36.8 Å². The highest BCUT2D eigenvalue weighted by Gasteiger charge is 2.24. The van der Waals surface area contributed by atoms with E-state index in [0.717, 1.165) is 6.07 Å². The maximum absolute atomic E-state index is 14.9. The third-order valence-corrected chi connectivity index (χ3v) is 4.52. The van der Waals surface area contributed by atoms with E-state index in [4.69, 9.17) is 19.9 Å². The first-order valence-corrected chi connectivity index (χ1v) is 10.2. The van der Waals surface area contributed by atoms with Crippen LogP contribution in [0.2, 0.25) is 0 Å². The molecule has 1 amide bonds. The summed E-state index contributed by atoms with van der Waals surface area (Å²) in [5.74, 6) is -4.33. The number of carbonyl (C=O) groups excluding carboxylic acids is 1. The Labute approximate surface area is 189 Å². The first kappa shape index (κ1) is 25.3. The number of anilines is 2. The number of rotatable bonds is 12. The summed E-state index contributed by atoms with van der Waals surface area (Å²) >= 11 is 1.89. The summed E-state index contributed by atoms with van der Waals surface area (Å²) in [6, 6.07) is 5.11. The number of aliphatic hydroxyl groups is 2. The van der Waals surface area contributed by atoms with Crippen molar-refractivity contribution in [1.29, 1.82) is 0 Å². The number of amides is 1. The number of hydrogen-bond donors (Lipinski definition) is 5. The molecule has 2 aromatic rings. The molecule has 0 aliphatic rings. The molecule has 0 bridgehead atoms. The minimum absolute atomic E-state index is 0.0989. The third-order valence-electron chi connectivity index (χ3n) is 3.84. The van der Waals surface area contributed by atoms with Gasteiger partial charge in [-0.1, -0.05) is 0 Å². The van der Waals surface area contributed by atoms with Gasteiger partial charge in [0.2, 0.25) is 0 Å². The average molecular weight is 555 g/mol. The van der Waals surface area contributed by atoms with Crippen LogP contribution in [0, 0.1) is 21.0 Å². The number of carbonyl (C=O) groups is 1. The third kappa shape index (κ3) is 7.29. The molecule has 5 N–H and O–H groups in total. The van der Waals surface area contributed by atoms with Crippen LogP contribution in [0.15, 0.2) is 24.3 Å². The number of hydroxylamine groups is 2. The van der Waals surface area contributed by atoms with Crippen molar-refractivity contribution in [1.82, 2.24) is 11.0 Å². The van der Waals surface area contributed by atoms with Crippen molar-refractivity contribution in [2.75, 3.05) is 31.7 Å². The van der Waals surface area contributed by atoms with Gasteiger partial charge < -0.3 is 20.4 Å². The molecule has 0 saturated carbocycles. The Kier molecular flexibility index (Phi) is 10.4. The molecular weight excluding hydrogens is 534 g/mol. The van der Waals surface area contributed by atoms with Gasteiger partial charge in [0, 0.05) is 22.3 Å². The molecule has 2 aromatic carbocycles. The van der Waals surface area contributed by atoms with Crippen molar-refractivity contribution in [3.8, 4) is 0 Å². The predicted molar refractivity (Wildman–Crippen MR) is 114 cm³/mol. The molecule has 31 heavy (non-hydrogen) atoms.